The molecule has 1 fully saturated rings. The minimum Gasteiger partial charge on any atom is -0.393 e. The van der Waals surface area contributed by atoms with Gasteiger partial charge in [-0.3, -0.25) is 0 Å². The summed E-state index contributed by atoms with van der Waals surface area (Å²) in [4.78, 5) is 6.66. The van der Waals surface area contributed by atoms with Crippen molar-refractivity contribution in [3.05, 3.63) is 29.6 Å². The fraction of sp³-hybridized carbons (Fsp3) is 0.588. The van der Waals surface area contributed by atoms with Crippen molar-refractivity contribution in [1.82, 2.24) is 14.5 Å². The molecule has 0 amide bonds. The number of aryl methyl sites for hydroxylation is 2. The zero-order valence-corrected chi connectivity index (χ0v) is 13.4. The number of likely N-dealkylation sites (tertiary alicyclic amines) is 1. The first kappa shape index (κ1) is 15.5. The van der Waals surface area contributed by atoms with Gasteiger partial charge < -0.3 is 19.7 Å². The van der Waals surface area contributed by atoms with Gasteiger partial charge in [0.15, 0.2) is 0 Å². The van der Waals surface area contributed by atoms with Gasteiger partial charge in [0, 0.05) is 19.6 Å². The second-order valence-electron chi connectivity index (χ2n) is 6.51. The molecule has 5 heteroatoms. The zero-order valence-electron chi connectivity index (χ0n) is 13.4. The number of piperidine rings is 1. The van der Waals surface area contributed by atoms with Gasteiger partial charge >= 0.3 is 0 Å². The van der Waals surface area contributed by atoms with Gasteiger partial charge in [0.25, 0.3) is 0 Å². The first-order valence-corrected chi connectivity index (χ1v) is 8.03. The minimum absolute atomic E-state index is 0.169. The Morgan fingerprint density at radius 1 is 1.18 bits per heavy atom. The van der Waals surface area contributed by atoms with Gasteiger partial charge in [0.1, 0.15) is 0 Å². The molecule has 3 rings (SSSR count). The van der Waals surface area contributed by atoms with Crippen molar-refractivity contribution in [2.24, 2.45) is 0 Å². The van der Waals surface area contributed by atoms with Crippen molar-refractivity contribution in [3.63, 3.8) is 0 Å². The lowest BCUT2D eigenvalue weighted by molar-refractivity contribution is 0.0462. The number of fused-ring (bicyclic) bond motifs is 1. The Labute approximate surface area is 131 Å². The SMILES string of the molecule is Cc1cc2ncn(CC(O)CN3CCC(O)CC3)c2cc1C. The van der Waals surface area contributed by atoms with Gasteiger partial charge in [-0.1, -0.05) is 0 Å². The van der Waals surface area contributed by atoms with E-state index in [0.29, 0.717) is 13.1 Å². The Kier molecular flexibility index (Phi) is 4.47. The van der Waals surface area contributed by atoms with Crippen molar-refractivity contribution in [3.8, 4) is 0 Å². The average Bonchev–Trinajstić information content (AvgIpc) is 2.84. The maximum absolute atomic E-state index is 10.4. The smallest absolute Gasteiger partial charge is 0.0959 e. The highest BCUT2D eigenvalue weighted by molar-refractivity contribution is 5.77. The number of hydrogen-bond acceptors (Lipinski definition) is 4. The molecule has 1 aromatic heterocycles. The maximum atomic E-state index is 10.4. The van der Waals surface area contributed by atoms with E-state index >= 15 is 0 Å². The van der Waals surface area contributed by atoms with Crippen LogP contribution in [-0.2, 0) is 6.54 Å². The van der Waals surface area contributed by atoms with Crippen LogP contribution in [0.4, 0.5) is 0 Å². The van der Waals surface area contributed by atoms with Crippen molar-refractivity contribution in [2.45, 2.75) is 45.4 Å². The summed E-state index contributed by atoms with van der Waals surface area (Å²) in [6.07, 6.45) is 2.83. The fourth-order valence-corrected chi connectivity index (χ4v) is 3.14. The van der Waals surface area contributed by atoms with E-state index in [9.17, 15) is 10.2 Å². The molecule has 1 aromatic carbocycles. The number of nitrogens with zero attached hydrogens (tertiary/aromatic N) is 3. The molecule has 0 bridgehead atoms. The number of aliphatic hydroxyl groups excluding tert-OH is 2. The van der Waals surface area contributed by atoms with Crippen LogP contribution < -0.4 is 0 Å². The quantitative estimate of drug-likeness (QED) is 0.898. The lowest BCUT2D eigenvalue weighted by Gasteiger charge is -2.31. The van der Waals surface area contributed by atoms with E-state index < -0.39 is 6.10 Å². The summed E-state index contributed by atoms with van der Waals surface area (Å²) < 4.78 is 2.03. The lowest BCUT2D eigenvalue weighted by Crippen LogP contribution is -2.41. The summed E-state index contributed by atoms with van der Waals surface area (Å²) >= 11 is 0. The number of aliphatic hydroxyl groups is 2. The maximum Gasteiger partial charge on any atom is 0.0959 e. The van der Waals surface area contributed by atoms with Crippen LogP contribution >= 0.6 is 0 Å². The molecule has 22 heavy (non-hydrogen) atoms. The molecule has 1 saturated heterocycles. The van der Waals surface area contributed by atoms with Gasteiger partial charge in [-0.05, 0) is 49.9 Å². The predicted molar refractivity (Wildman–Crippen MR) is 86.9 cm³/mol. The minimum atomic E-state index is -0.422. The summed E-state index contributed by atoms with van der Waals surface area (Å²) in [5.41, 5.74) is 4.55. The predicted octanol–water partition coefficient (Wildman–Crippen LogP) is 1.47. The largest absolute Gasteiger partial charge is 0.393 e. The molecule has 120 valence electrons. The Balaban J connectivity index is 1.66. The second kappa shape index (κ2) is 6.36. The van der Waals surface area contributed by atoms with Crippen LogP contribution in [0.1, 0.15) is 24.0 Å². The normalized spacial score (nSPS) is 18.9. The molecule has 0 spiro atoms. The van der Waals surface area contributed by atoms with E-state index in [1.165, 1.54) is 11.1 Å². The van der Waals surface area contributed by atoms with E-state index in [-0.39, 0.29) is 6.10 Å². The second-order valence-corrected chi connectivity index (χ2v) is 6.51. The van der Waals surface area contributed by atoms with Gasteiger partial charge in [0.2, 0.25) is 0 Å². The highest BCUT2D eigenvalue weighted by Crippen LogP contribution is 2.19. The molecule has 1 atom stereocenters. The van der Waals surface area contributed by atoms with Crippen LogP contribution in [0.2, 0.25) is 0 Å². The van der Waals surface area contributed by atoms with Crippen LogP contribution in [0, 0.1) is 13.8 Å². The monoisotopic (exact) mass is 303 g/mol. The Morgan fingerprint density at radius 2 is 1.86 bits per heavy atom. The number of imidazole rings is 1. The molecule has 1 unspecified atom stereocenters. The molecule has 2 aromatic rings. The van der Waals surface area contributed by atoms with Crippen LogP contribution in [0.3, 0.4) is 0 Å². The van der Waals surface area contributed by atoms with Crippen molar-refractivity contribution >= 4 is 11.0 Å². The van der Waals surface area contributed by atoms with Gasteiger partial charge in [-0.2, -0.15) is 0 Å². The average molecular weight is 303 g/mol. The number of hydrogen-bond donors (Lipinski definition) is 2. The third kappa shape index (κ3) is 3.32. The van der Waals surface area contributed by atoms with Gasteiger partial charge in [-0.25, -0.2) is 4.98 Å². The zero-order chi connectivity index (χ0) is 15.7. The molecule has 1 aliphatic rings. The standard InChI is InChI=1S/C17H25N3O2/c1-12-7-16-17(8-13(12)2)20(11-18-16)10-15(22)9-19-5-3-14(21)4-6-19/h7-8,11,14-15,21-22H,3-6,9-10H2,1-2H3. The van der Waals surface area contributed by atoms with Crippen molar-refractivity contribution in [2.75, 3.05) is 19.6 Å². The third-order valence-electron chi connectivity index (χ3n) is 4.67. The third-order valence-corrected chi connectivity index (χ3v) is 4.67. The topological polar surface area (TPSA) is 61.5 Å². The van der Waals surface area contributed by atoms with E-state index in [1.54, 1.807) is 0 Å². The molecule has 2 N–H and O–H groups in total. The first-order valence-electron chi connectivity index (χ1n) is 8.03. The highest BCUT2D eigenvalue weighted by Gasteiger charge is 2.19. The molecule has 1 aliphatic heterocycles. The Morgan fingerprint density at radius 3 is 2.59 bits per heavy atom. The van der Waals surface area contributed by atoms with Gasteiger partial charge in [0.05, 0.1) is 36.1 Å². The van der Waals surface area contributed by atoms with Crippen LogP contribution in [0.5, 0.6) is 0 Å². The summed E-state index contributed by atoms with van der Waals surface area (Å²) in [5, 5.41) is 19.9. The lowest BCUT2D eigenvalue weighted by atomic mass is 10.1. The molecular weight excluding hydrogens is 278 g/mol. The number of β-amino-alcohol motifs (C(OH)–C–C–N with tert-alkyl or cyclic N) is 1. The summed E-state index contributed by atoms with van der Waals surface area (Å²) in [6, 6.07) is 4.24. The van der Waals surface area contributed by atoms with Gasteiger partial charge in [-0.15, -0.1) is 0 Å². The molecule has 0 saturated carbocycles. The first-order chi connectivity index (χ1) is 10.5. The van der Waals surface area contributed by atoms with Crippen LogP contribution in [0.25, 0.3) is 11.0 Å². The fourth-order valence-electron chi connectivity index (χ4n) is 3.14. The van der Waals surface area contributed by atoms with E-state index in [2.05, 4.69) is 35.9 Å². The summed E-state index contributed by atoms with van der Waals surface area (Å²) in [5.74, 6) is 0. The molecule has 2 heterocycles. The van der Waals surface area contributed by atoms with Crippen LogP contribution in [-0.4, -0.2) is 56.5 Å². The van der Waals surface area contributed by atoms with Crippen molar-refractivity contribution < 1.29 is 10.2 Å². The molecular formula is C17H25N3O2. The summed E-state index contributed by atoms with van der Waals surface area (Å²) in [7, 11) is 0. The highest BCUT2D eigenvalue weighted by atomic mass is 16.3. The molecule has 0 radical (unpaired) electrons. The number of rotatable bonds is 4. The number of aromatic nitrogens is 2. The Hall–Kier alpha value is -1.43. The van der Waals surface area contributed by atoms with Crippen LogP contribution in [0.15, 0.2) is 18.5 Å². The van der Waals surface area contributed by atoms with E-state index in [1.807, 2.05) is 10.9 Å². The Bertz CT molecular complexity index is 645. The van der Waals surface area contributed by atoms with E-state index in [0.717, 1.165) is 37.0 Å². The van der Waals surface area contributed by atoms with E-state index in [4.69, 9.17) is 0 Å². The molecule has 0 aliphatic carbocycles. The van der Waals surface area contributed by atoms with Crippen molar-refractivity contribution in [1.29, 1.82) is 0 Å². The molecule has 5 nitrogen and oxygen atoms in total. The number of benzene rings is 1. The summed E-state index contributed by atoms with van der Waals surface area (Å²) in [6.45, 7) is 7.12.